The summed E-state index contributed by atoms with van der Waals surface area (Å²) >= 11 is 0. The molecule has 2 fully saturated rings. The van der Waals surface area contributed by atoms with Crippen LogP contribution < -0.4 is 4.74 Å². The van der Waals surface area contributed by atoms with Crippen LogP contribution in [0.15, 0.2) is 24.3 Å². The van der Waals surface area contributed by atoms with Gasteiger partial charge in [-0.1, -0.05) is 57.6 Å². The fourth-order valence-electron chi connectivity index (χ4n) is 5.34. The van der Waals surface area contributed by atoms with Crippen molar-refractivity contribution in [3.05, 3.63) is 29.8 Å². The van der Waals surface area contributed by atoms with Gasteiger partial charge < -0.3 is 9.47 Å². The highest BCUT2D eigenvalue weighted by Crippen LogP contribution is 2.41. The van der Waals surface area contributed by atoms with E-state index in [9.17, 15) is 8.78 Å². The first-order valence-electron chi connectivity index (χ1n) is 11.8. The molecule has 1 aromatic rings. The third-order valence-electron chi connectivity index (χ3n) is 7.13. The van der Waals surface area contributed by atoms with Gasteiger partial charge in [0.15, 0.2) is 0 Å². The van der Waals surface area contributed by atoms with Crippen LogP contribution in [0.25, 0.3) is 0 Å². The predicted molar refractivity (Wildman–Crippen MR) is 113 cm³/mol. The Balaban J connectivity index is 1.31. The summed E-state index contributed by atoms with van der Waals surface area (Å²) in [7, 11) is 0. The molecule has 0 aliphatic heterocycles. The van der Waals surface area contributed by atoms with Crippen LogP contribution in [0.1, 0.15) is 89.5 Å². The van der Waals surface area contributed by atoms with Crippen molar-refractivity contribution in [3.63, 3.8) is 0 Å². The van der Waals surface area contributed by atoms with Gasteiger partial charge in [0, 0.05) is 0 Å². The van der Waals surface area contributed by atoms with Gasteiger partial charge >= 0.3 is 6.61 Å². The molecule has 0 aromatic heterocycles. The summed E-state index contributed by atoms with van der Waals surface area (Å²) in [5.41, 5.74) is 1.01. The van der Waals surface area contributed by atoms with E-state index in [1.54, 1.807) is 12.1 Å². The Morgan fingerprint density at radius 2 is 1.48 bits per heavy atom. The molecule has 0 amide bonds. The fraction of sp³-hybridized carbons (Fsp3) is 0.760. The molecule has 2 nitrogen and oxygen atoms in total. The number of benzene rings is 1. The van der Waals surface area contributed by atoms with Gasteiger partial charge in [-0.2, -0.15) is 8.78 Å². The van der Waals surface area contributed by atoms with Crippen molar-refractivity contribution in [3.8, 4) is 5.75 Å². The molecule has 0 N–H and O–H groups in total. The molecule has 0 bridgehead atoms. The maximum Gasteiger partial charge on any atom is 0.387 e. The van der Waals surface area contributed by atoms with Crippen molar-refractivity contribution in [1.29, 1.82) is 0 Å². The van der Waals surface area contributed by atoms with Gasteiger partial charge in [-0.25, -0.2) is 0 Å². The van der Waals surface area contributed by atoms with Crippen molar-refractivity contribution in [2.75, 3.05) is 0 Å². The van der Waals surface area contributed by atoms with Crippen LogP contribution in [0.5, 0.6) is 5.75 Å². The Kier molecular flexibility index (Phi) is 9.23. The van der Waals surface area contributed by atoms with Crippen LogP contribution in [0.3, 0.4) is 0 Å². The zero-order valence-electron chi connectivity index (χ0n) is 18.0. The largest absolute Gasteiger partial charge is 0.435 e. The van der Waals surface area contributed by atoms with E-state index in [2.05, 4.69) is 11.7 Å². The molecule has 2 saturated carbocycles. The molecular weight excluding hydrogens is 370 g/mol. The second kappa shape index (κ2) is 11.9. The van der Waals surface area contributed by atoms with E-state index < -0.39 is 6.61 Å². The highest BCUT2D eigenvalue weighted by Gasteiger charge is 2.31. The molecular formula is C25H38F2O2. The van der Waals surface area contributed by atoms with Gasteiger partial charge in [-0.3, -0.25) is 0 Å². The minimum Gasteiger partial charge on any atom is -0.435 e. The van der Waals surface area contributed by atoms with Crippen LogP contribution in [0, 0.1) is 17.8 Å². The monoisotopic (exact) mass is 408 g/mol. The molecule has 2 aliphatic rings. The topological polar surface area (TPSA) is 18.5 Å². The Morgan fingerprint density at radius 1 is 0.862 bits per heavy atom. The van der Waals surface area contributed by atoms with E-state index in [0.717, 1.165) is 36.2 Å². The minimum atomic E-state index is -2.77. The maximum absolute atomic E-state index is 12.2. The number of alkyl halides is 2. The van der Waals surface area contributed by atoms with Crippen LogP contribution in [0.4, 0.5) is 8.78 Å². The number of rotatable bonds is 10. The van der Waals surface area contributed by atoms with Crippen molar-refractivity contribution in [1.82, 2.24) is 0 Å². The van der Waals surface area contributed by atoms with Crippen molar-refractivity contribution < 1.29 is 18.3 Å². The highest BCUT2D eigenvalue weighted by atomic mass is 19.3. The lowest BCUT2D eigenvalue weighted by molar-refractivity contribution is -0.0498. The Morgan fingerprint density at radius 3 is 2.07 bits per heavy atom. The molecule has 4 heteroatoms. The summed E-state index contributed by atoms with van der Waals surface area (Å²) in [6.45, 7) is 0.0643. The summed E-state index contributed by atoms with van der Waals surface area (Å²) in [6.07, 6.45) is 16.7. The van der Waals surface area contributed by atoms with Crippen molar-refractivity contribution in [2.45, 2.75) is 103 Å². The van der Waals surface area contributed by atoms with Crippen LogP contribution >= 0.6 is 0 Å². The van der Waals surface area contributed by atoms with Crippen LogP contribution in [0.2, 0.25) is 0 Å². The summed E-state index contributed by atoms with van der Waals surface area (Å²) in [5, 5.41) is 0. The fourth-order valence-corrected chi connectivity index (χ4v) is 5.34. The molecule has 29 heavy (non-hydrogen) atoms. The number of unbranched alkanes of at least 4 members (excludes halogenated alkanes) is 2. The molecule has 0 radical (unpaired) electrons. The van der Waals surface area contributed by atoms with Gasteiger partial charge in [-0.05, 0) is 74.0 Å². The molecule has 0 saturated heterocycles. The van der Waals surface area contributed by atoms with E-state index in [4.69, 9.17) is 4.74 Å². The second-order valence-corrected chi connectivity index (χ2v) is 9.15. The standard InChI is InChI=1S/C25H38F2O2/c1-2-3-4-5-19-6-10-21(11-7-19)22-12-16-23(17-13-22)28-18-20-8-14-24(15-9-20)29-25(26)27/h8-9,14-15,19,21-23,25H,2-7,10-13,16-18H2,1H3. The summed E-state index contributed by atoms with van der Waals surface area (Å²) in [6, 6.07) is 6.78. The third kappa shape index (κ3) is 7.55. The normalized spacial score (nSPS) is 27.9. The van der Waals surface area contributed by atoms with Gasteiger partial charge in [0.2, 0.25) is 0 Å². The molecule has 0 heterocycles. The summed E-state index contributed by atoms with van der Waals surface area (Å²) in [5.74, 6) is 3.04. The highest BCUT2D eigenvalue weighted by molar-refractivity contribution is 5.26. The second-order valence-electron chi connectivity index (χ2n) is 9.15. The van der Waals surface area contributed by atoms with Crippen molar-refractivity contribution >= 4 is 0 Å². The van der Waals surface area contributed by atoms with Crippen LogP contribution in [-0.2, 0) is 11.3 Å². The number of halogens is 2. The van der Waals surface area contributed by atoms with Gasteiger partial charge in [0.1, 0.15) is 5.75 Å². The number of ether oxygens (including phenoxy) is 2. The zero-order valence-corrected chi connectivity index (χ0v) is 18.0. The lowest BCUT2D eigenvalue weighted by Gasteiger charge is -2.38. The van der Waals surface area contributed by atoms with Gasteiger partial charge in [0.25, 0.3) is 0 Å². The number of hydrogen-bond donors (Lipinski definition) is 0. The lowest BCUT2D eigenvalue weighted by Crippen LogP contribution is -2.28. The van der Waals surface area contributed by atoms with Gasteiger partial charge in [-0.15, -0.1) is 0 Å². The van der Waals surface area contributed by atoms with E-state index in [1.807, 2.05) is 12.1 Å². The quantitative estimate of drug-likeness (QED) is 0.368. The lowest BCUT2D eigenvalue weighted by atomic mass is 9.70. The SMILES string of the molecule is CCCCCC1CCC(C2CCC(OCc3ccc(OC(F)F)cc3)CC2)CC1. The molecule has 2 aliphatic carbocycles. The Labute approximate surface area is 175 Å². The molecule has 0 spiro atoms. The van der Waals surface area contributed by atoms with Gasteiger partial charge in [0.05, 0.1) is 12.7 Å². The first-order valence-corrected chi connectivity index (χ1v) is 11.8. The molecule has 3 rings (SSSR count). The van der Waals surface area contributed by atoms with E-state index >= 15 is 0 Å². The average Bonchev–Trinajstić information content (AvgIpc) is 2.74. The zero-order chi connectivity index (χ0) is 20.5. The molecule has 0 unspecified atom stereocenters. The predicted octanol–water partition coefficient (Wildman–Crippen LogP) is 7.75. The minimum absolute atomic E-state index is 0.198. The first kappa shape index (κ1) is 22.5. The smallest absolute Gasteiger partial charge is 0.387 e. The van der Waals surface area contributed by atoms with Crippen molar-refractivity contribution in [2.24, 2.45) is 17.8 Å². The van der Waals surface area contributed by atoms with E-state index in [0.29, 0.717) is 12.7 Å². The Bertz CT molecular complexity index is 559. The summed E-state index contributed by atoms with van der Waals surface area (Å²) < 4.78 is 34.9. The maximum atomic E-state index is 12.2. The third-order valence-corrected chi connectivity index (χ3v) is 7.13. The summed E-state index contributed by atoms with van der Waals surface area (Å²) in [4.78, 5) is 0. The molecule has 164 valence electrons. The van der Waals surface area contributed by atoms with E-state index in [1.165, 1.54) is 64.2 Å². The Hall–Kier alpha value is -1.16. The van der Waals surface area contributed by atoms with Crippen LogP contribution in [-0.4, -0.2) is 12.7 Å². The molecule has 1 aromatic carbocycles. The average molecular weight is 409 g/mol. The molecule has 0 atom stereocenters. The first-order chi connectivity index (χ1) is 14.1. The van der Waals surface area contributed by atoms with E-state index in [-0.39, 0.29) is 5.75 Å². The number of hydrogen-bond acceptors (Lipinski definition) is 2.